The number of pyridine rings is 1. The van der Waals surface area contributed by atoms with Crippen LogP contribution in [0.4, 0.5) is 11.8 Å². The van der Waals surface area contributed by atoms with Gasteiger partial charge < -0.3 is 0 Å². The summed E-state index contributed by atoms with van der Waals surface area (Å²) in [5.41, 5.74) is 0.128. The summed E-state index contributed by atoms with van der Waals surface area (Å²) in [6, 6.07) is 12.2. The summed E-state index contributed by atoms with van der Waals surface area (Å²) in [6.45, 7) is 1.90. The van der Waals surface area contributed by atoms with E-state index in [-0.39, 0.29) is 5.95 Å². The van der Waals surface area contributed by atoms with E-state index < -0.39 is 5.69 Å². The Balaban J connectivity index is 2.10. The van der Waals surface area contributed by atoms with Gasteiger partial charge in [-0.3, -0.25) is 0 Å². The van der Waals surface area contributed by atoms with Gasteiger partial charge in [0.2, 0.25) is 0 Å². The molecular formula is C16H15ClN6O. The lowest BCUT2D eigenvalue weighted by Crippen LogP contribution is -2.34. The van der Waals surface area contributed by atoms with E-state index >= 15 is 0 Å². The highest BCUT2D eigenvalue weighted by molar-refractivity contribution is 6.30. The van der Waals surface area contributed by atoms with Gasteiger partial charge in [-0.05, 0) is 30.3 Å². The zero-order valence-corrected chi connectivity index (χ0v) is 13.7. The molecule has 0 saturated heterocycles. The molecule has 122 valence electrons. The normalized spacial score (nSPS) is 10.6. The Labute approximate surface area is 143 Å². The van der Waals surface area contributed by atoms with E-state index in [9.17, 15) is 4.79 Å². The smallest absolute Gasteiger partial charge is 0.248 e. The predicted octanol–water partition coefficient (Wildman–Crippen LogP) is 2.25. The molecule has 2 N–H and O–H groups in total. The van der Waals surface area contributed by atoms with Crippen molar-refractivity contribution in [2.75, 3.05) is 5.01 Å². The van der Waals surface area contributed by atoms with Crippen molar-refractivity contribution < 1.29 is 0 Å². The maximum atomic E-state index is 12.5. The van der Waals surface area contributed by atoms with Crippen molar-refractivity contribution in [1.29, 1.82) is 0 Å². The summed E-state index contributed by atoms with van der Waals surface area (Å²) in [5, 5.41) is 1.71. The van der Waals surface area contributed by atoms with E-state index in [1.807, 2.05) is 6.92 Å². The molecule has 3 rings (SSSR count). The fourth-order valence-corrected chi connectivity index (χ4v) is 2.44. The first-order valence-electron chi connectivity index (χ1n) is 7.32. The van der Waals surface area contributed by atoms with Crippen molar-refractivity contribution in [2.24, 2.45) is 5.84 Å². The fourth-order valence-electron chi connectivity index (χ4n) is 2.25. The van der Waals surface area contributed by atoms with E-state index in [1.165, 1.54) is 9.58 Å². The van der Waals surface area contributed by atoms with Gasteiger partial charge in [0.15, 0.2) is 0 Å². The lowest BCUT2D eigenvalue weighted by molar-refractivity contribution is 0.754. The topological polar surface area (TPSA) is 89.9 Å². The third-order valence-electron chi connectivity index (χ3n) is 3.37. The van der Waals surface area contributed by atoms with Crippen LogP contribution in [-0.4, -0.2) is 19.5 Å². The Hall–Kier alpha value is -2.77. The van der Waals surface area contributed by atoms with Crippen molar-refractivity contribution in [3.63, 3.8) is 0 Å². The Morgan fingerprint density at radius 1 is 1.21 bits per heavy atom. The highest BCUT2D eigenvalue weighted by atomic mass is 35.5. The van der Waals surface area contributed by atoms with Crippen molar-refractivity contribution in [3.05, 3.63) is 70.0 Å². The summed E-state index contributed by atoms with van der Waals surface area (Å²) < 4.78 is 1.42. The number of rotatable bonds is 4. The Morgan fingerprint density at radius 2 is 2.04 bits per heavy atom. The maximum Gasteiger partial charge on any atom is 0.356 e. The van der Waals surface area contributed by atoms with Gasteiger partial charge in [0.1, 0.15) is 11.6 Å². The van der Waals surface area contributed by atoms with Gasteiger partial charge in [-0.2, -0.15) is 9.97 Å². The lowest BCUT2D eigenvalue weighted by Gasteiger charge is -2.17. The van der Waals surface area contributed by atoms with E-state index in [4.69, 9.17) is 17.4 Å². The van der Waals surface area contributed by atoms with Crippen LogP contribution >= 0.6 is 11.6 Å². The molecule has 0 aliphatic heterocycles. The molecule has 8 heteroatoms. The van der Waals surface area contributed by atoms with Crippen LogP contribution < -0.4 is 16.5 Å². The molecule has 3 aromatic rings. The number of aromatic nitrogens is 4. The number of halogens is 1. The molecule has 24 heavy (non-hydrogen) atoms. The Morgan fingerprint density at radius 3 is 2.71 bits per heavy atom. The van der Waals surface area contributed by atoms with Gasteiger partial charge in [-0.1, -0.05) is 30.7 Å². The summed E-state index contributed by atoms with van der Waals surface area (Å²) in [7, 11) is 0. The van der Waals surface area contributed by atoms with E-state index in [0.29, 0.717) is 28.8 Å². The standard InChI is InChI=1S/C16H15ClN6O/c1-2-13-20-15(23(18)14-8-3-4-9-19-14)21-16(24)22(13)12-7-5-6-11(17)10-12/h3-10H,2,18H2,1H3. The number of hydrogen-bond donors (Lipinski definition) is 1. The Kier molecular flexibility index (Phi) is 4.54. The second-order valence-corrected chi connectivity index (χ2v) is 5.39. The molecule has 0 aliphatic rings. The van der Waals surface area contributed by atoms with Gasteiger partial charge in [-0.25, -0.2) is 25.2 Å². The molecule has 7 nitrogen and oxygen atoms in total. The van der Waals surface area contributed by atoms with Crippen LogP contribution in [0.3, 0.4) is 0 Å². The number of hydrogen-bond acceptors (Lipinski definition) is 6. The van der Waals surface area contributed by atoms with Crippen molar-refractivity contribution in [3.8, 4) is 5.69 Å². The fraction of sp³-hybridized carbons (Fsp3) is 0.125. The van der Waals surface area contributed by atoms with Crippen LogP contribution in [-0.2, 0) is 6.42 Å². The number of nitrogens with zero attached hydrogens (tertiary/aromatic N) is 5. The number of anilines is 2. The van der Waals surface area contributed by atoms with Gasteiger partial charge in [-0.15, -0.1) is 0 Å². The van der Waals surface area contributed by atoms with Crippen LogP contribution in [0.1, 0.15) is 12.7 Å². The first-order valence-corrected chi connectivity index (χ1v) is 7.69. The second-order valence-electron chi connectivity index (χ2n) is 4.95. The summed E-state index contributed by atoms with van der Waals surface area (Å²) in [4.78, 5) is 25.0. The highest BCUT2D eigenvalue weighted by Crippen LogP contribution is 2.17. The number of aryl methyl sites for hydroxylation is 1. The molecule has 0 atom stereocenters. The average Bonchev–Trinajstić information content (AvgIpc) is 2.61. The summed E-state index contributed by atoms with van der Waals surface area (Å²) in [5.74, 6) is 7.06. The van der Waals surface area contributed by atoms with Crippen LogP contribution in [0, 0.1) is 0 Å². The first-order chi connectivity index (χ1) is 11.6. The van der Waals surface area contributed by atoms with Crippen molar-refractivity contribution in [1.82, 2.24) is 19.5 Å². The van der Waals surface area contributed by atoms with Crippen molar-refractivity contribution in [2.45, 2.75) is 13.3 Å². The lowest BCUT2D eigenvalue weighted by atomic mass is 10.3. The largest absolute Gasteiger partial charge is 0.356 e. The molecule has 2 heterocycles. The van der Waals surface area contributed by atoms with E-state index in [0.717, 1.165) is 0 Å². The third-order valence-corrected chi connectivity index (χ3v) is 3.60. The van der Waals surface area contributed by atoms with E-state index in [1.54, 1.807) is 48.7 Å². The molecule has 2 aromatic heterocycles. The molecule has 0 saturated carbocycles. The summed E-state index contributed by atoms with van der Waals surface area (Å²) >= 11 is 6.01. The van der Waals surface area contributed by atoms with Crippen LogP contribution in [0.5, 0.6) is 0 Å². The minimum atomic E-state index is -0.481. The molecule has 0 unspecified atom stereocenters. The molecule has 1 aromatic carbocycles. The average molecular weight is 343 g/mol. The number of hydrazine groups is 1. The van der Waals surface area contributed by atoms with Gasteiger partial charge in [0, 0.05) is 17.6 Å². The summed E-state index contributed by atoms with van der Waals surface area (Å²) in [6.07, 6.45) is 2.12. The minimum absolute atomic E-state index is 0.0915. The Bertz CT molecular complexity index is 912. The van der Waals surface area contributed by atoms with Gasteiger partial charge in [0.05, 0.1) is 5.69 Å². The molecule has 0 aliphatic carbocycles. The monoisotopic (exact) mass is 342 g/mol. The first kappa shape index (κ1) is 16.1. The quantitative estimate of drug-likeness (QED) is 0.577. The second kappa shape index (κ2) is 6.77. The molecule has 0 amide bonds. The third kappa shape index (κ3) is 3.12. The zero-order chi connectivity index (χ0) is 17.1. The van der Waals surface area contributed by atoms with Gasteiger partial charge in [0.25, 0.3) is 5.95 Å². The van der Waals surface area contributed by atoms with Gasteiger partial charge >= 0.3 is 5.69 Å². The van der Waals surface area contributed by atoms with Crippen LogP contribution in [0.15, 0.2) is 53.5 Å². The zero-order valence-electron chi connectivity index (χ0n) is 12.9. The number of benzene rings is 1. The van der Waals surface area contributed by atoms with Crippen molar-refractivity contribution >= 4 is 23.4 Å². The molecule has 0 radical (unpaired) electrons. The predicted molar refractivity (Wildman–Crippen MR) is 92.6 cm³/mol. The van der Waals surface area contributed by atoms with Crippen LogP contribution in [0.25, 0.3) is 5.69 Å². The minimum Gasteiger partial charge on any atom is -0.248 e. The molecule has 0 spiro atoms. The maximum absolute atomic E-state index is 12.5. The number of nitrogens with two attached hydrogens (primary N) is 1. The molecular weight excluding hydrogens is 328 g/mol. The van der Waals surface area contributed by atoms with Crippen LogP contribution in [0.2, 0.25) is 5.02 Å². The molecule has 0 fully saturated rings. The molecule has 0 bridgehead atoms. The highest BCUT2D eigenvalue weighted by Gasteiger charge is 2.15. The van der Waals surface area contributed by atoms with E-state index in [2.05, 4.69) is 15.0 Å². The SMILES string of the molecule is CCc1nc(N(N)c2ccccn2)nc(=O)n1-c1cccc(Cl)c1.